The van der Waals surface area contributed by atoms with Gasteiger partial charge in [0.15, 0.2) is 0 Å². The quantitative estimate of drug-likeness (QED) is 0.383. The van der Waals surface area contributed by atoms with Crippen LogP contribution in [0.25, 0.3) is 0 Å². The van der Waals surface area contributed by atoms with Crippen molar-refractivity contribution < 1.29 is 0 Å². The first-order chi connectivity index (χ1) is 4.30. The molecule has 0 atom stereocenters. The third kappa shape index (κ3) is 1.38. The minimum absolute atomic E-state index is 0.110. The van der Waals surface area contributed by atoms with Crippen molar-refractivity contribution >= 4 is 12.1 Å². The summed E-state index contributed by atoms with van der Waals surface area (Å²) in [6, 6.07) is 0. The molecule has 1 heterocycles. The van der Waals surface area contributed by atoms with E-state index in [0.29, 0.717) is 0 Å². The van der Waals surface area contributed by atoms with E-state index in [9.17, 15) is 0 Å². The van der Waals surface area contributed by atoms with Gasteiger partial charge in [-0.1, -0.05) is 6.08 Å². The molecule has 0 aromatic carbocycles. The lowest BCUT2D eigenvalue weighted by Gasteiger charge is -2.01. The maximum Gasteiger partial charge on any atom is 0.124 e. The number of amidine groups is 1. The molecule has 0 aromatic heterocycles. The van der Waals surface area contributed by atoms with Crippen LogP contribution < -0.4 is 5.73 Å². The highest BCUT2D eigenvalue weighted by Crippen LogP contribution is 1.98. The summed E-state index contributed by atoms with van der Waals surface area (Å²) in [5, 5.41) is 7.01. The molecule has 1 aliphatic rings. The van der Waals surface area contributed by atoms with Crippen molar-refractivity contribution in [1.82, 2.24) is 0 Å². The van der Waals surface area contributed by atoms with Gasteiger partial charge in [-0.2, -0.15) is 0 Å². The van der Waals surface area contributed by atoms with Crippen molar-refractivity contribution in [2.45, 2.75) is 6.42 Å². The van der Waals surface area contributed by atoms with E-state index in [2.05, 4.69) is 4.99 Å². The molecule has 3 heteroatoms. The Bertz CT molecular complexity index is 179. The first-order valence-corrected chi connectivity index (χ1v) is 2.85. The molecular weight excluding hydrogens is 114 g/mol. The van der Waals surface area contributed by atoms with Crippen LogP contribution in [0.3, 0.4) is 0 Å². The van der Waals surface area contributed by atoms with Crippen LogP contribution in [0.5, 0.6) is 0 Å². The Balaban J connectivity index is 2.69. The summed E-state index contributed by atoms with van der Waals surface area (Å²) in [4.78, 5) is 3.97. The van der Waals surface area contributed by atoms with E-state index >= 15 is 0 Å². The lowest BCUT2D eigenvalue weighted by atomic mass is 10.2. The second kappa shape index (κ2) is 2.44. The summed E-state index contributed by atoms with van der Waals surface area (Å²) >= 11 is 0. The number of dihydropyridines is 1. The number of rotatable bonds is 1. The predicted molar refractivity (Wildman–Crippen MR) is 38.0 cm³/mol. The summed E-state index contributed by atoms with van der Waals surface area (Å²) in [5.74, 6) is 0.110. The Morgan fingerprint density at radius 3 is 2.89 bits per heavy atom. The maximum atomic E-state index is 7.01. The van der Waals surface area contributed by atoms with E-state index in [1.807, 2.05) is 6.08 Å². The van der Waals surface area contributed by atoms with Crippen molar-refractivity contribution in [2.24, 2.45) is 10.7 Å². The summed E-state index contributed by atoms with van der Waals surface area (Å²) in [5.41, 5.74) is 5.94. The van der Waals surface area contributed by atoms with E-state index in [1.165, 1.54) is 0 Å². The number of nitrogens with zero attached hydrogens (tertiary/aromatic N) is 1. The predicted octanol–water partition coefficient (Wildman–Crippen LogP) is 0.323. The molecular formula is C6H9N3. The van der Waals surface area contributed by atoms with E-state index in [4.69, 9.17) is 11.1 Å². The third-order valence-corrected chi connectivity index (χ3v) is 1.16. The molecule has 0 bridgehead atoms. The Labute approximate surface area is 53.8 Å². The van der Waals surface area contributed by atoms with E-state index < -0.39 is 0 Å². The van der Waals surface area contributed by atoms with Crippen molar-refractivity contribution in [3.05, 3.63) is 11.6 Å². The van der Waals surface area contributed by atoms with Crippen LogP contribution in [0.4, 0.5) is 0 Å². The number of nitrogens with two attached hydrogens (primary N) is 1. The average molecular weight is 123 g/mol. The highest BCUT2D eigenvalue weighted by atomic mass is 14.8. The summed E-state index contributed by atoms with van der Waals surface area (Å²) in [6.07, 6.45) is 4.48. The minimum atomic E-state index is 0.110. The molecule has 0 aromatic rings. The number of aliphatic imine (C=N–C) groups is 1. The van der Waals surface area contributed by atoms with Crippen molar-refractivity contribution in [3.8, 4) is 0 Å². The SMILES string of the molecule is N=C(N)C1=CCCN=C1. The van der Waals surface area contributed by atoms with Crippen LogP contribution in [0.1, 0.15) is 6.42 Å². The van der Waals surface area contributed by atoms with E-state index in [-0.39, 0.29) is 5.84 Å². The van der Waals surface area contributed by atoms with Gasteiger partial charge >= 0.3 is 0 Å². The van der Waals surface area contributed by atoms with E-state index in [0.717, 1.165) is 18.5 Å². The fourth-order valence-corrected chi connectivity index (χ4v) is 0.690. The fraction of sp³-hybridized carbons (Fsp3) is 0.333. The zero-order valence-corrected chi connectivity index (χ0v) is 5.09. The largest absolute Gasteiger partial charge is 0.384 e. The van der Waals surface area contributed by atoms with Gasteiger partial charge in [-0.25, -0.2) is 0 Å². The van der Waals surface area contributed by atoms with Crippen LogP contribution in [0.15, 0.2) is 16.6 Å². The van der Waals surface area contributed by atoms with Gasteiger partial charge in [0.2, 0.25) is 0 Å². The zero-order valence-electron chi connectivity index (χ0n) is 5.09. The van der Waals surface area contributed by atoms with Gasteiger partial charge in [-0.3, -0.25) is 10.4 Å². The molecule has 0 saturated carbocycles. The van der Waals surface area contributed by atoms with Gasteiger partial charge < -0.3 is 5.73 Å². The molecule has 9 heavy (non-hydrogen) atoms. The highest BCUT2D eigenvalue weighted by Gasteiger charge is 1.98. The first-order valence-electron chi connectivity index (χ1n) is 2.85. The number of hydrogen-bond acceptors (Lipinski definition) is 2. The summed E-state index contributed by atoms with van der Waals surface area (Å²) < 4.78 is 0. The van der Waals surface area contributed by atoms with Crippen LogP contribution in [0, 0.1) is 5.41 Å². The summed E-state index contributed by atoms with van der Waals surface area (Å²) in [6.45, 7) is 0.830. The Kier molecular flexibility index (Phi) is 1.63. The van der Waals surface area contributed by atoms with Crippen molar-refractivity contribution in [1.29, 1.82) is 5.41 Å². The molecule has 0 unspecified atom stereocenters. The van der Waals surface area contributed by atoms with Gasteiger partial charge in [0.25, 0.3) is 0 Å². The average Bonchev–Trinajstić information content (AvgIpc) is 1.90. The molecule has 0 aliphatic carbocycles. The molecule has 0 saturated heterocycles. The Morgan fingerprint density at radius 2 is 2.56 bits per heavy atom. The molecule has 1 rings (SSSR count). The maximum absolute atomic E-state index is 7.01. The van der Waals surface area contributed by atoms with Crippen LogP contribution in [0.2, 0.25) is 0 Å². The smallest absolute Gasteiger partial charge is 0.124 e. The Morgan fingerprint density at radius 1 is 1.78 bits per heavy atom. The van der Waals surface area contributed by atoms with Crippen LogP contribution >= 0.6 is 0 Å². The summed E-state index contributed by atoms with van der Waals surface area (Å²) in [7, 11) is 0. The molecule has 1 aliphatic heterocycles. The normalized spacial score (nSPS) is 17.1. The second-order valence-corrected chi connectivity index (χ2v) is 1.90. The zero-order chi connectivity index (χ0) is 6.69. The molecule has 0 amide bonds. The number of hydrogen-bond donors (Lipinski definition) is 2. The van der Waals surface area contributed by atoms with Gasteiger partial charge in [-0.15, -0.1) is 0 Å². The van der Waals surface area contributed by atoms with Gasteiger partial charge in [0, 0.05) is 18.3 Å². The Hall–Kier alpha value is -1.12. The van der Waals surface area contributed by atoms with E-state index in [1.54, 1.807) is 6.21 Å². The first kappa shape index (κ1) is 6.01. The topological polar surface area (TPSA) is 62.2 Å². The lowest BCUT2D eigenvalue weighted by molar-refractivity contribution is 0.995. The fourth-order valence-electron chi connectivity index (χ4n) is 0.690. The molecule has 0 fully saturated rings. The third-order valence-electron chi connectivity index (χ3n) is 1.16. The van der Waals surface area contributed by atoms with Gasteiger partial charge in [0.05, 0.1) is 0 Å². The second-order valence-electron chi connectivity index (χ2n) is 1.90. The highest BCUT2D eigenvalue weighted by molar-refractivity contribution is 6.13. The van der Waals surface area contributed by atoms with Gasteiger partial charge in [0.1, 0.15) is 5.84 Å². The molecule has 3 nitrogen and oxygen atoms in total. The molecule has 0 spiro atoms. The van der Waals surface area contributed by atoms with Crippen LogP contribution in [-0.2, 0) is 0 Å². The van der Waals surface area contributed by atoms with Crippen LogP contribution in [-0.4, -0.2) is 18.6 Å². The lowest BCUT2D eigenvalue weighted by Crippen LogP contribution is -2.15. The number of nitrogens with one attached hydrogen (secondary N) is 1. The molecule has 3 N–H and O–H groups in total. The standard InChI is InChI=1S/C6H9N3/c7-6(8)5-2-1-3-9-4-5/h2,4H,1,3H2,(H3,7,8). The molecule has 48 valence electrons. The van der Waals surface area contributed by atoms with Crippen molar-refractivity contribution in [2.75, 3.05) is 6.54 Å². The van der Waals surface area contributed by atoms with Gasteiger partial charge in [-0.05, 0) is 6.42 Å². The monoisotopic (exact) mass is 123 g/mol. The molecule has 0 radical (unpaired) electrons. The van der Waals surface area contributed by atoms with Crippen molar-refractivity contribution in [3.63, 3.8) is 0 Å². The minimum Gasteiger partial charge on any atom is -0.384 e.